The molecule has 3 heterocycles. The van der Waals surface area contributed by atoms with Crippen molar-refractivity contribution in [2.24, 2.45) is 7.05 Å². The molecule has 2 N–H and O–H groups in total. The van der Waals surface area contributed by atoms with E-state index in [9.17, 15) is 13.2 Å². The van der Waals surface area contributed by atoms with E-state index in [2.05, 4.69) is 22.3 Å². The molecule has 1 aliphatic rings. The minimum Gasteiger partial charge on any atom is -0.493 e. The highest BCUT2D eigenvalue weighted by molar-refractivity contribution is 7.89. The van der Waals surface area contributed by atoms with Crippen LogP contribution in [0.5, 0.6) is 5.75 Å². The van der Waals surface area contributed by atoms with Crippen LogP contribution >= 0.6 is 0 Å². The summed E-state index contributed by atoms with van der Waals surface area (Å²) in [6.07, 6.45) is 3.44. The van der Waals surface area contributed by atoms with Gasteiger partial charge in [0.15, 0.2) is 5.52 Å². The summed E-state index contributed by atoms with van der Waals surface area (Å²) < 4.78 is 36.0. The highest BCUT2D eigenvalue weighted by Crippen LogP contribution is 2.32. The average Bonchev–Trinajstić information content (AvgIpc) is 3.15. The standard InChI is InChI=1S/C24H34N6O4S/c1-5-8-16-15-30(13-12-25-16)35(32,33)17-10-11-20(34-7-3)18(14-17)23-26-21-19(9-6-2)28-29(4)22(21)24(31)27-23/h10-11,14,16,25H,5-9,12-13,15H2,1-4H3,(H,26,27,31). The van der Waals surface area contributed by atoms with Crippen molar-refractivity contribution < 1.29 is 13.2 Å². The summed E-state index contributed by atoms with van der Waals surface area (Å²) in [5, 5.41) is 7.86. The van der Waals surface area contributed by atoms with Gasteiger partial charge in [-0.2, -0.15) is 9.40 Å². The van der Waals surface area contributed by atoms with Gasteiger partial charge in [0.25, 0.3) is 5.56 Å². The number of benzene rings is 1. The summed E-state index contributed by atoms with van der Waals surface area (Å²) >= 11 is 0. The van der Waals surface area contributed by atoms with E-state index in [1.54, 1.807) is 25.2 Å². The summed E-state index contributed by atoms with van der Waals surface area (Å²) in [5.41, 5.74) is 1.75. The second-order valence-electron chi connectivity index (χ2n) is 8.83. The van der Waals surface area contributed by atoms with E-state index < -0.39 is 10.0 Å². The number of sulfonamides is 1. The van der Waals surface area contributed by atoms with Crippen molar-refractivity contribution in [3.63, 3.8) is 0 Å². The molecule has 0 bridgehead atoms. The second-order valence-corrected chi connectivity index (χ2v) is 10.8. The van der Waals surface area contributed by atoms with Crippen LogP contribution < -0.4 is 15.6 Å². The summed E-state index contributed by atoms with van der Waals surface area (Å²) in [6.45, 7) is 7.81. The maximum atomic E-state index is 13.6. The van der Waals surface area contributed by atoms with E-state index in [0.717, 1.165) is 25.0 Å². The van der Waals surface area contributed by atoms with Crippen molar-refractivity contribution in [1.29, 1.82) is 0 Å². The summed E-state index contributed by atoms with van der Waals surface area (Å²) in [5.74, 6) is 0.719. The molecule has 1 aromatic carbocycles. The fraction of sp³-hybridized carbons (Fsp3) is 0.542. The smallest absolute Gasteiger partial charge is 0.277 e. The van der Waals surface area contributed by atoms with E-state index in [4.69, 9.17) is 9.72 Å². The van der Waals surface area contributed by atoms with Crippen molar-refractivity contribution in [2.45, 2.75) is 57.4 Å². The first-order valence-electron chi connectivity index (χ1n) is 12.3. The third kappa shape index (κ3) is 4.98. The van der Waals surface area contributed by atoms with Gasteiger partial charge in [0.2, 0.25) is 10.0 Å². The predicted molar refractivity (Wildman–Crippen MR) is 135 cm³/mol. The van der Waals surface area contributed by atoms with Crippen LogP contribution in [-0.2, 0) is 23.5 Å². The molecule has 1 atom stereocenters. The van der Waals surface area contributed by atoms with Crippen molar-refractivity contribution in [1.82, 2.24) is 29.4 Å². The van der Waals surface area contributed by atoms with Crippen LogP contribution in [-0.4, -0.2) is 64.8 Å². The molecule has 1 fully saturated rings. The maximum Gasteiger partial charge on any atom is 0.277 e. The van der Waals surface area contributed by atoms with Crippen LogP contribution in [0.25, 0.3) is 22.4 Å². The lowest BCUT2D eigenvalue weighted by atomic mass is 10.1. The number of fused-ring (bicyclic) bond motifs is 1. The van der Waals surface area contributed by atoms with Gasteiger partial charge in [0.05, 0.1) is 22.8 Å². The molecular weight excluding hydrogens is 468 g/mol. The van der Waals surface area contributed by atoms with Crippen molar-refractivity contribution in [3.8, 4) is 17.1 Å². The van der Waals surface area contributed by atoms with Gasteiger partial charge in [-0.25, -0.2) is 13.4 Å². The fourth-order valence-electron chi connectivity index (χ4n) is 4.62. The van der Waals surface area contributed by atoms with E-state index in [-0.39, 0.29) is 22.3 Å². The molecule has 0 amide bonds. The molecule has 2 aromatic heterocycles. The van der Waals surface area contributed by atoms with E-state index >= 15 is 0 Å². The van der Waals surface area contributed by atoms with Crippen molar-refractivity contribution in [3.05, 3.63) is 34.2 Å². The zero-order chi connectivity index (χ0) is 25.2. The highest BCUT2D eigenvalue weighted by Gasteiger charge is 2.30. The number of hydrogen-bond donors (Lipinski definition) is 2. The molecule has 190 valence electrons. The third-order valence-corrected chi connectivity index (χ3v) is 8.11. The average molecular weight is 503 g/mol. The zero-order valence-corrected chi connectivity index (χ0v) is 21.6. The molecule has 3 aromatic rings. The SMILES string of the molecule is CCCc1nn(C)c2c(=O)[nH]c(-c3cc(S(=O)(=O)N4CCNC(CCC)C4)ccc3OCC)nc12. The largest absolute Gasteiger partial charge is 0.493 e. The van der Waals surface area contributed by atoms with E-state index in [1.807, 2.05) is 13.8 Å². The Morgan fingerprint density at radius 1 is 1.20 bits per heavy atom. The molecule has 1 saturated heterocycles. The first-order valence-corrected chi connectivity index (χ1v) is 13.7. The Morgan fingerprint density at radius 3 is 2.71 bits per heavy atom. The zero-order valence-electron chi connectivity index (χ0n) is 20.8. The van der Waals surface area contributed by atoms with Crippen LogP contribution in [0, 0.1) is 0 Å². The van der Waals surface area contributed by atoms with Gasteiger partial charge in [-0.1, -0.05) is 26.7 Å². The number of aromatic nitrogens is 4. The molecule has 0 aliphatic carbocycles. The lowest BCUT2D eigenvalue weighted by Crippen LogP contribution is -2.52. The lowest BCUT2D eigenvalue weighted by Gasteiger charge is -2.33. The lowest BCUT2D eigenvalue weighted by molar-refractivity contribution is 0.287. The number of nitrogens with zero attached hydrogens (tertiary/aromatic N) is 4. The molecule has 35 heavy (non-hydrogen) atoms. The number of nitrogens with one attached hydrogen (secondary N) is 2. The van der Waals surface area contributed by atoms with Crippen molar-refractivity contribution in [2.75, 3.05) is 26.2 Å². The Morgan fingerprint density at radius 2 is 2.00 bits per heavy atom. The Bertz CT molecular complexity index is 1360. The number of aryl methyl sites for hydroxylation is 2. The van der Waals surface area contributed by atoms with Gasteiger partial charge in [0, 0.05) is 32.7 Å². The van der Waals surface area contributed by atoms with Gasteiger partial charge in [-0.15, -0.1) is 0 Å². The molecule has 11 heteroatoms. The van der Waals surface area contributed by atoms with Gasteiger partial charge >= 0.3 is 0 Å². The number of rotatable bonds is 9. The molecule has 0 spiro atoms. The fourth-order valence-corrected chi connectivity index (χ4v) is 6.13. The molecule has 0 radical (unpaired) electrons. The minimum atomic E-state index is -3.74. The number of H-pyrrole nitrogens is 1. The summed E-state index contributed by atoms with van der Waals surface area (Å²) in [6, 6.07) is 4.88. The number of ether oxygens (including phenoxy) is 1. The van der Waals surface area contributed by atoms with Crippen LogP contribution in [0.3, 0.4) is 0 Å². The molecule has 1 aliphatic heterocycles. The Labute approximate surface area is 205 Å². The first-order chi connectivity index (χ1) is 16.8. The van der Waals surface area contributed by atoms with E-state index in [0.29, 0.717) is 55.0 Å². The quantitative estimate of drug-likeness (QED) is 0.461. The van der Waals surface area contributed by atoms with Crippen LogP contribution in [0.2, 0.25) is 0 Å². The highest BCUT2D eigenvalue weighted by atomic mass is 32.2. The normalized spacial score (nSPS) is 17.2. The molecule has 1 unspecified atom stereocenters. The topological polar surface area (TPSA) is 122 Å². The van der Waals surface area contributed by atoms with Crippen molar-refractivity contribution >= 4 is 21.1 Å². The Kier molecular flexibility index (Phi) is 7.58. The summed E-state index contributed by atoms with van der Waals surface area (Å²) in [4.78, 5) is 20.7. The van der Waals surface area contributed by atoms with Crippen LogP contribution in [0.1, 0.15) is 45.7 Å². The number of hydrogen-bond acceptors (Lipinski definition) is 7. The van der Waals surface area contributed by atoms with Gasteiger partial charge in [-0.3, -0.25) is 9.48 Å². The predicted octanol–water partition coefficient (Wildman–Crippen LogP) is 2.44. The maximum absolute atomic E-state index is 13.6. The van der Waals surface area contributed by atoms with Gasteiger partial charge in [0.1, 0.15) is 17.1 Å². The van der Waals surface area contributed by atoms with Gasteiger partial charge < -0.3 is 15.0 Å². The first kappa shape index (κ1) is 25.3. The molecule has 10 nitrogen and oxygen atoms in total. The molecule has 0 saturated carbocycles. The minimum absolute atomic E-state index is 0.133. The van der Waals surface area contributed by atoms with Gasteiger partial charge in [-0.05, 0) is 38.0 Å². The monoisotopic (exact) mass is 502 g/mol. The number of piperazine rings is 1. The molecule has 4 rings (SSSR count). The number of aromatic amines is 1. The van der Waals surface area contributed by atoms with E-state index in [1.165, 1.54) is 8.99 Å². The van der Waals surface area contributed by atoms with Crippen LogP contribution in [0.4, 0.5) is 0 Å². The Hall–Kier alpha value is -2.76. The third-order valence-electron chi connectivity index (χ3n) is 6.25. The Balaban J connectivity index is 1.82. The van der Waals surface area contributed by atoms with Crippen LogP contribution in [0.15, 0.2) is 27.9 Å². The summed E-state index contributed by atoms with van der Waals surface area (Å²) in [7, 11) is -2.02. The molecular formula is C24H34N6O4S. The second kappa shape index (κ2) is 10.5.